The van der Waals surface area contributed by atoms with Crippen molar-refractivity contribution in [1.29, 1.82) is 0 Å². The summed E-state index contributed by atoms with van der Waals surface area (Å²) in [6.07, 6.45) is 3.76. The van der Waals surface area contributed by atoms with Crippen molar-refractivity contribution < 1.29 is 0 Å². The van der Waals surface area contributed by atoms with Crippen LogP contribution < -0.4 is 0 Å². The monoisotopic (exact) mass is 228 g/mol. The Kier molecular flexibility index (Phi) is 4.50. The normalized spacial score (nSPS) is 12.5. The maximum atomic E-state index is 5.92. The molecule has 0 radical (unpaired) electrons. The summed E-state index contributed by atoms with van der Waals surface area (Å²) in [5.74, 6) is 0. The molecule has 0 saturated heterocycles. The molecule has 0 heterocycles. The molecule has 1 atom stereocenters. The number of alkyl halides is 1. The number of halogens is 2. The predicted octanol–water partition coefficient (Wildman–Crippen LogP) is 4.54. The Labute approximate surface area is 95.5 Å². The van der Waals surface area contributed by atoms with E-state index in [4.69, 9.17) is 23.2 Å². The van der Waals surface area contributed by atoms with Gasteiger partial charge >= 0.3 is 0 Å². The molecule has 0 aliphatic carbocycles. The minimum atomic E-state index is 0.201. The maximum absolute atomic E-state index is 5.92. The van der Waals surface area contributed by atoms with Gasteiger partial charge in [0.05, 0.1) is 0 Å². The first-order chi connectivity index (χ1) is 6.63. The van der Waals surface area contributed by atoms with Crippen molar-refractivity contribution in [2.45, 2.75) is 25.1 Å². The van der Waals surface area contributed by atoms with Crippen molar-refractivity contribution in [3.63, 3.8) is 0 Å². The molecule has 0 spiro atoms. The summed E-state index contributed by atoms with van der Waals surface area (Å²) in [7, 11) is 0. The van der Waals surface area contributed by atoms with E-state index in [2.05, 4.69) is 6.58 Å². The number of aryl methyl sites for hydroxylation is 1. The van der Waals surface area contributed by atoms with Crippen molar-refractivity contribution in [2.75, 3.05) is 0 Å². The third kappa shape index (κ3) is 3.36. The van der Waals surface area contributed by atoms with E-state index in [0.717, 1.165) is 23.4 Å². The van der Waals surface area contributed by atoms with E-state index < -0.39 is 0 Å². The lowest BCUT2D eigenvalue weighted by atomic mass is 10.0. The fraction of sp³-hybridized carbons (Fsp3) is 0.333. The van der Waals surface area contributed by atoms with E-state index in [9.17, 15) is 0 Å². The van der Waals surface area contributed by atoms with Gasteiger partial charge in [0.1, 0.15) is 0 Å². The Bertz CT molecular complexity index is 316. The summed E-state index contributed by atoms with van der Waals surface area (Å²) < 4.78 is 0. The van der Waals surface area contributed by atoms with Gasteiger partial charge in [-0.25, -0.2) is 0 Å². The predicted molar refractivity (Wildman–Crippen MR) is 65.2 cm³/mol. The van der Waals surface area contributed by atoms with Crippen LogP contribution in [-0.4, -0.2) is 5.38 Å². The van der Waals surface area contributed by atoms with Crippen molar-refractivity contribution in [1.82, 2.24) is 0 Å². The van der Waals surface area contributed by atoms with Crippen LogP contribution in [0.5, 0.6) is 0 Å². The number of rotatable bonds is 4. The van der Waals surface area contributed by atoms with Gasteiger partial charge < -0.3 is 0 Å². The highest BCUT2D eigenvalue weighted by Crippen LogP contribution is 2.19. The van der Waals surface area contributed by atoms with Gasteiger partial charge in [-0.15, -0.1) is 11.6 Å². The van der Waals surface area contributed by atoms with E-state index in [1.54, 1.807) is 0 Å². The van der Waals surface area contributed by atoms with Crippen molar-refractivity contribution in [3.05, 3.63) is 40.9 Å². The molecule has 0 nitrogen and oxygen atoms in total. The molecule has 76 valence electrons. The van der Waals surface area contributed by atoms with E-state index >= 15 is 0 Å². The molecule has 0 N–H and O–H groups in total. The molecule has 0 fully saturated rings. The Morgan fingerprint density at radius 2 is 2.21 bits per heavy atom. The summed E-state index contributed by atoms with van der Waals surface area (Å²) in [6.45, 7) is 5.77. The van der Waals surface area contributed by atoms with Gasteiger partial charge in [-0.1, -0.05) is 30.3 Å². The first-order valence-corrected chi connectivity index (χ1v) is 5.50. The van der Waals surface area contributed by atoms with Crippen LogP contribution in [0.25, 0.3) is 6.08 Å². The van der Waals surface area contributed by atoms with Gasteiger partial charge in [0.25, 0.3) is 0 Å². The topological polar surface area (TPSA) is 0 Å². The number of benzene rings is 1. The average Bonchev–Trinajstić information content (AvgIpc) is 2.15. The zero-order valence-corrected chi connectivity index (χ0v) is 9.78. The lowest BCUT2D eigenvalue weighted by Gasteiger charge is -2.07. The second-order valence-electron chi connectivity index (χ2n) is 3.37. The lowest BCUT2D eigenvalue weighted by Crippen LogP contribution is -1.96. The molecule has 1 rings (SSSR count). The molecule has 1 unspecified atom stereocenters. The molecule has 1 aromatic carbocycles. The molecule has 0 saturated carbocycles. The van der Waals surface area contributed by atoms with E-state index in [-0.39, 0.29) is 5.38 Å². The molecule has 0 aliphatic rings. The fourth-order valence-electron chi connectivity index (χ4n) is 1.34. The fourth-order valence-corrected chi connectivity index (χ4v) is 1.65. The molecule has 0 bridgehead atoms. The van der Waals surface area contributed by atoms with E-state index in [1.165, 1.54) is 5.56 Å². The van der Waals surface area contributed by atoms with Crippen LogP contribution in [0.3, 0.4) is 0 Å². The van der Waals surface area contributed by atoms with Crippen molar-refractivity contribution >= 4 is 29.3 Å². The van der Waals surface area contributed by atoms with Gasteiger partial charge in [0.2, 0.25) is 0 Å². The van der Waals surface area contributed by atoms with Crippen molar-refractivity contribution in [2.24, 2.45) is 0 Å². The first-order valence-electron chi connectivity index (χ1n) is 4.68. The minimum Gasteiger partial charge on any atom is -0.123 e. The summed E-state index contributed by atoms with van der Waals surface area (Å²) in [4.78, 5) is 0. The molecule has 2 heteroatoms. The Morgan fingerprint density at radius 3 is 2.79 bits per heavy atom. The van der Waals surface area contributed by atoms with Gasteiger partial charge in [0, 0.05) is 10.4 Å². The smallest absolute Gasteiger partial charge is 0.0409 e. The van der Waals surface area contributed by atoms with Crippen LogP contribution in [0.2, 0.25) is 5.02 Å². The molecule has 14 heavy (non-hydrogen) atoms. The van der Waals surface area contributed by atoms with Crippen molar-refractivity contribution in [3.8, 4) is 0 Å². The van der Waals surface area contributed by atoms with Crippen LogP contribution in [0.15, 0.2) is 24.8 Å². The summed E-state index contributed by atoms with van der Waals surface area (Å²) in [5, 5.41) is 0.972. The van der Waals surface area contributed by atoms with Crippen LogP contribution in [0, 0.1) is 0 Å². The van der Waals surface area contributed by atoms with Crippen LogP contribution in [-0.2, 0) is 6.42 Å². The van der Waals surface area contributed by atoms with Gasteiger partial charge in [-0.2, -0.15) is 0 Å². The molecule has 0 aromatic heterocycles. The summed E-state index contributed by atoms with van der Waals surface area (Å²) >= 11 is 11.8. The molecule has 0 aliphatic heterocycles. The number of hydrogen-bond donors (Lipinski definition) is 0. The SMILES string of the molecule is C=Cc1ccc(Cl)cc1CCC(C)Cl. The Morgan fingerprint density at radius 1 is 1.50 bits per heavy atom. The van der Waals surface area contributed by atoms with E-state index in [0.29, 0.717) is 0 Å². The quantitative estimate of drug-likeness (QED) is 0.664. The highest BCUT2D eigenvalue weighted by Gasteiger charge is 2.03. The maximum Gasteiger partial charge on any atom is 0.0409 e. The van der Waals surface area contributed by atoms with Gasteiger partial charge in [-0.3, -0.25) is 0 Å². The number of hydrogen-bond acceptors (Lipinski definition) is 0. The third-order valence-corrected chi connectivity index (χ3v) is 2.59. The lowest BCUT2D eigenvalue weighted by molar-refractivity contribution is 0.802. The van der Waals surface area contributed by atoms with E-state index in [1.807, 2.05) is 31.2 Å². The summed E-state index contributed by atoms with van der Waals surface area (Å²) in [6, 6.07) is 5.85. The second-order valence-corrected chi connectivity index (χ2v) is 4.55. The largest absolute Gasteiger partial charge is 0.123 e. The van der Waals surface area contributed by atoms with Crippen LogP contribution in [0.1, 0.15) is 24.5 Å². The van der Waals surface area contributed by atoms with Gasteiger partial charge in [0.15, 0.2) is 0 Å². The Balaban J connectivity index is 2.82. The first kappa shape index (κ1) is 11.6. The Hall–Kier alpha value is -0.460. The second kappa shape index (κ2) is 5.43. The minimum absolute atomic E-state index is 0.201. The average molecular weight is 229 g/mol. The van der Waals surface area contributed by atoms with Crippen LogP contribution >= 0.6 is 23.2 Å². The standard InChI is InChI=1S/C12H14Cl2/c1-3-10-6-7-12(14)8-11(10)5-4-9(2)13/h3,6-9H,1,4-5H2,2H3. The zero-order chi connectivity index (χ0) is 10.6. The molecular weight excluding hydrogens is 215 g/mol. The van der Waals surface area contributed by atoms with Crippen LogP contribution in [0.4, 0.5) is 0 Å². The third-order valence-electron chi connectivity index (χ3n) is 2.14. The zero-order valence-electron chi connectivity index (χ0n) is 8.26. The summed E-state index contributed by atoms with van der Waals surface area (Å²) in [5.41, 5.74) is 2.37. The highest BCUT2D eigenvalue weighted by atomic mass is 35.5. The van der Waals surface area contributed by atoms with Gasteiger partial charge in [-0.05, 0) is 43.0 Å². The molecular formula is C12H14Cl2. The highest BCUT2D eigenvalue weighted by molar-refractivity contribution is 6.30. The molecule has 0 amide bonds. The molecule has 1 aromatic rings.